The molecule has 4 heteroatoms. The van der Waals surface area contributed by atoms with E-state index in [0.29, 0.717) is 5.92 Å². The number of benzene rings is 1. The Morgan fingerprint density at radius 3 is 2.79 bits per heavy atom. The smallest absolute Gasteiger partial charge is 0.315 e. The lowest BCUT2D eigenvalue weighted by atomic mass is 9.89. The molecule has 2 rings (SSSR count). The first-order chi connectivity index (χ1) is 9.24. The van der Waals surface area contributed by atoms with E-state index < -0.39 is 0 Å². The number of carbonyl (C=O) groups excluding carboxylic acids is 1. The third kappa shape index (κ3) is 5.07. The highest BCUT2D eigenvalue weighted by molar-refractivity contribution is 9.10. The van der Waals surface area contributed by atoms with Gasteiger partial charge < -0.3 is 10.6 Å². The van der Waals surface area contributed by atoms with Crippen LogP contribution in [-0.2, 0) is 0 Å². The molecule has 102 valence electrons. The van der Waals surface area contributed by atoms with E-state index in [2.05, 4.69) is 32.6 Å². The van der Waals surface area contributed by atoms with Gasteiger partial charge in [0.25, 0.3) is 0 Å². The van der Waals surface area contributed by atoms with E-state index >= 15 is 0 Å². The lowest BCUT2D eigenvalue weighted by Crippen LogP contribution is -2.24. The third-order valence-electron chi connectivity index (χ3n) is 3.32. The molecule has 1 aromatic carbocycles. The van der Waals surface area contributed by atoms with Crippen LogP contribution in [0.5, 0.6) is 0 Å². The summed E-state index contributed by atoms with van der Waals surface area (Å²) in [7, 11) is 0. The van der Waals surface area contributed by atoms with Gasteiger partial charge in [0.1, 0.15) is 0 Å². The summed E-state index contributed by atoms with van der Waals surface area (Å²) in [6.07, 6.45) is 10.3. The second kappa shape index (κ2) is 7.34. The molecule has 1 aliphatic carbocycles. The van der Waals surface area contributed by atoms with Crippen molar-refractivity contribution >= 4 is 27.6 Å². The quantitative estimate of drug-likeness (QED) is 0.834. The highest BCUT2D eigenvalue weighted by Crippen LogP contribution is 2.24. The zero-order valence-electron chi connectivity index (χ0n) is 10.9. The van der Waals surface area contributed by atoms with Crippen molar-refractivity contribution in [2.75, 3.05) is 5.32 Å². The number of allylic oxidation sites excluding steroid dienone is 1. The average Bonchev–Trinajstić information content (AvgIpc) is 2.40. The highest BCUT2D eigenvalue weighted by atomic mass is 79.9. The van der Waals surface area contributed by atoms with E-state index in [4.69, 9.17) is 0 Å². The highest BCUT2D eigenvalue weighted by Gasteiger charge is 2.09. The zero-order chi connectivity index (χ0) is 13.5. The fraction of sp³-hybridized carbons (Fsp3) is 0.400. The predicted octanol–water partition coefficient (Wildman–Crippen LogP) is 4.66. The van der Waals surface area contributed by atoms with Gasteiger partial charge in [-0.1, -0.05) is 47.3 Å². The van der Waals surface area contributed by atoms with Crippen LogP contribution in [0, 0.1) is 5.92 Å². The Labute approximate surface area is 122 Å². The molecule has 1 fully saturated rings. The normalized spacial score (nSPS) is 16.5. The van der Waals surface area contributed by atoms with E-state index in [1.54, 1.807) is 6.20 Å². The number of amides is 2. The molecule has 1 aliphatic rings. The Bertz CT molecular complexity index is 453. The Balaban J connectivity index is 1.76. The number of rotatable bonds is 3. The maximum absolute atomic E-state index is 11.7. The second-order valence-corrected chi connectivity index (χ2v) is 5.78. The molecule has 0 unspecified atom stereocenters. The van der Waals surface area contributed by atoms with Gasteiger partial charge in [0, 0.05) is 16.4 Å². The van der Waals surface area contributed by atoms with Crippen molar-refractivity contribution in [3.05, 3.63) is 41.0 Å². The van der Waals surface area contributed by atoms with E-state index in [1.165, 1.54) is 32.1 Å². The summed E-state index contributed by atoms with van der Waals surface area (Å²) in [4.78, 5) is 11.7. The first kappa shape index (κ1) is 14.1. The molecule has 0 radical (unpaired) electrons. The molecule has 0 heterocycles. The van der Waals surface area contributed by atoms with Crippen LogP contribution in [0.25, 0.3) is 0 Å². The van der Waals surface area contributed by atoms with E-state index in [-0.39, 0.29) is 6.03 Å². The molecule has 0 atom stereocenters. The number of carbonyl (C=O) groups is 1. The summed E-state index contributed by atoms with van der Waals surface area (Å²) < 4.78 is 0.947. The fourth-order valence-corrected chi connectivity index (χ4v) is 2.72. The molecule has 3 nitrogen and oxygen atoms in total. The minimum absolute atomic E-state index is 0.204. The SMILES string of the molecule is O=C(N/C=C/C1CCCCC1)Nc1cccc(Br)c1. The Morgan fingerprint density at radius 2 is 2.05 bits per heavy atom. The van der Waals surface area contributed by atoms with E-state index in [1.807, 2.05) is 24.3 Å². The maximum Gasteiger partial charge on any atom is 0.323 e. The van der Waals surface area contributed by atoms with Gasteiger partial charge in [-0.25, -0.2) is 4.79 Å². The summed E-state index contributed by atoms with van der Waals surface area (Å²) in [5, 5.41) is 5.54. The molecule has 1 saturated carbocycles. The largest absolute Gasteiger partial charge is 0.323 e. The van der Waals surface area contributed by atoms with Crippen LogP contribution in [0.15, 0.2) is 41.0 Å². The number of hydrogen-bond donors (Lipinski definition) is 2. The Kier molecular flexibility index (Phi) is 5.45. The Morgan fingerprint density at radius 1 is 1.26 bits per heavy atom. The summed E-state index contributed by atoms with van der Waals surface area (Å²) in [6, 6.07) is 7.33. The van der Waals surface area contributed by atoms with Crippen LogP contribution in [0.2, 0.25) is 0 Å². The van der Waals surface area contributed by atoms with Crippen LogP contribution in [0.1, 0.15) is 32.1 Å². The molecule has 19 heavy (non-hydrogen) atoms. The molecule has 0 bridgehead atoms. The standard InChI is InChI=1S/C15H19BrN2O/c16-13-7-4-8-14(11-13)18-15(19)17-10-9-12-5-2-1-3-6-12/h4,7-12H,1-3,5-6H2,(H2,17,18,19)/b10-9+. The molecule has 1 aromatic rings. The molecule has 0 aliphatic heterocycles. The zero-order valence-corrected chi connectivity index (χ0v) is 12.4. The maximum atomic E-state index is 11.7. The molecule has 0 saturated heterocycles. The summed E-state index contributed by atoms with van der Waals surface area (Å²) >= 11 is 3.37. The minimum Gasteiger partial charge on any atom is -0.315 e. The number of nitrogens with one attached hydrogen (secondary N) is 2. The van der Waals surface area contributed by atoms with Crippen molar-refractivity contribution in [2.24, 2.45) is 5.92 Å². The van der Waals surface area contributed by atoms with Gasteiger partial charge >= 0.3 is 6.03 Å². The van der Waals surface area contributed by atoms with Gasteiger partial charge in [0.15, 0.2) is 0 Å². The van der Waals surface area contributed by atoms with Gasteiger partial charge in [-0.05, 0) is 37.0 Å². The monoisotopic (exact) mass is 322 g/mol. The van der Waals surface area contributed by atoms with Gasteiger partial charge in [0.2, 0.25) is 0 Å². The summed E-state index contributed by atoms with van der Waals surface area (Å²) in [6.45, 7) is 0. The number of hydrogen-bond acceptors (Lipinski definition) is 1. The lowest BCUT2D eigenvalue weighted by molar-refractivity contribution is 0.255. The van der Waals surface area contributed by atoms with Gasteiger partial charge in [-0.3, -0.25) is 0 Å². The van der Waals surface area contributed by atoms with Crippen LogP contribution < -0.4 is 10.6 Å². The van der Waals surface area contributed by atoms with Gasteiger partial charge in [-0.2, -0.15) is 0 Å². The fourth-order valence-electron chi connectivity index (χ4n) is 2.32. The average molecular weight is 323 g/mol. The van der Waals surface area contributed by atoms with Crippen LogP contribution >= 0.6 is 15.9 Å². The second-order valence-electron chi connectivity index (χ2n) is 4.87. The molecular weight excluding hydrogens is 304 g/mol. The number of urea groups is 1. The molecule has 2 amide bonds. The van der Waals surface area contributed by atoms with Crippen molar-refractivity contribution in [1.82, 2.24) is 5.32 Å². The van der Waals surface area contributed by atoms with E-state index in [9.17, 15) is 4.79 Å². The number of halogens is 1. The molecule has 2 N–H and O–H groups in total. The first-order valence-electron chi connectivity index (χ1n) is 6.74. The summed E-state index contributed by atoms with van der Waals surface area (Å²) in [5.74, 6) is 0.625. The first-order valence-corrected chi connectivity index (χ1v) is 7.53. The lowest BCUT2D eigenvalue weighted by Gasteiger charge is -2.17. The van der Waals surface area contributed by atoms with Gasteiger partial charge in [-0.15, -0.1) is 0 Å². The number of anilines is 1. The van der Waals surface area contributed by atoms with Crippen molar-refractivity contribution in [2.45, 2.75) is 32.1 Å². The predicted molar refractivity (Wildman–Crippen MR) is 82.0 cm³/mol. The van der Waals surface area contributed by atoms with Crippen LogP contribution in [0.4, 0.5) is 10.5 Å². The van der Waals surface area contributed by atoms with Crippen molar-refractivity contribution < 1.29 is 4.79 Å². The minimum atomic E-state index is -0.204. The Hall–Kier alpha value is -1.29. The summed E-state index contributed by atoms with van der Waals surface area (Å²) in [5.41, 5.74) is 0.776. The molecular formula is C15H19BrN2O. The van der Waals surface area contributed by atoms with Crippen molar-refractivity contribution in [3.63, 3.8) is 0 Å². The van der Waals surface area contributed by atoms with Gasteiger partial charge in [0.05, 0.1) is 0 Å². The topological polar surface area (TPSA) is 41.1 Å². The third-order valence-corrected chi connectivity index (χ3v) is 3.81. The van der Waals surface area contributed by atoms with Crippen LogP contribution in [0.3, 0.4) is 0 Å². The van der Waals surface area contributed by atoms with Crippen molar-refractivity contribution in [1.29, 1.82) is 0 Å². The van der Waals surface area contributed by atoms with Crippen LogP contribution in [-0.4, -0.2) is 6.03 Å². The van der Waals surface area contributed by atoms with E-state index in [0.717, 1.165) is 10.2 Å². The molecule has 0 spiro atoms. The molecule has 0 aromatic heterocycles. The van der Waals surface area contributed by atoms with Crippen molar-refractivity contribution in [3.8, 4) is 0 Å².